The van der Waals surface area contributed by atoms with Gasteiger partial charge in [0.25, 0.3) is 0 Å². The van der Waals surface area contributed by atoms with E-state index in [0.717, 1.165) is 56.6 Å². The lowest BCUT2D eigenvalue weighted by atomic mass is 9.93. The molecule has 3 fully saturated rings. The Balaban J connectivity index is 1.41. The highest BCUT2D eigenvalue weighted by Gasteiger charge is 2.43. The lowest BCUT2D eigenvalue weighted by Crippen LogP contribution is -2.49. The second-order valence-corrected chi connectivity index (χ2v) is 7.67. The smallest absolute Gasteiger partial charge is 0.129 e. The highest BCUT2D eigenvalue weighted by molar-refractivity contribution is 5.23. The van der Waals surface area contributed by atoms with Gasteiger partial charge in [0.15, 0.2) is 0 Å². The minimum Gasteiger partial charge on any atom is -0.370 e. The maximum atomic E-state index is 14.0. The number of ether oxygens (including phenoxy) is 1. The highest BCUT2D eigenvalue weighted by Crippen LogP contribution is 2.36. The van der Waals surface area contributed by atoms with Crippen molar-refractivity contribution in [2.45, 2.75) is 24.6 Å². The molecule has 4 rings (SSSR count). The minimum atomic E-state index is -0.565. The molecule has 2 N–H and O–H groups in total. The molecule has 0 amide bonds. The first-order chi connectivity index (χ1) is 11.5. The Kier molecular flexibility index (Phi) is 4.33. The van der Waals surface area contributed by atoms with Crippen molar-refractivity contribution in [1.82, 2.24) is 9.80 Å². The van der Waals surface area contributed by atoms with Gasteiger partial charge in [0.05, 0.1) is 6.61 Å². The number of nitrogens with zero attached hydrogens (tertiary/aromatic N) is 2. The molecule has 4 nitrogen and oxygen atoms in total. The van der Waals surface area contributed by atoms with Crippen LogP contribution < -0.4 is 5.73 Å². The van der Waals surface area contributed by atoms with Gasteiger partial charge in [-0.25, -0.2) is 8.78 Å². The van der Waals surface area contributed by atoms with Gasteiger partial charge in [0, 0.05) is 43.8 Å². The van der Waals surface area contributed by atoms with Crippen LogP contribution in [-0.4, -0.2) is 61.7 Å². The van der Waals surface area contributed by atoms with Crippen LogP contribution in [0.2, 0.25) is 0 Å². The third-order valence-electron chi connectivity index (χ3n) is 5.88. The molecule has 6 heteroatoms. The summed E-state index contributed by atoms with van der Waals surface area (Å²) in [5, 5.41) is 0. The molecular weight excluding hydrogens is 312 g/mol. The molecule has 1 aromatic rings. The van der Waals surface area contributed by atoms with E-state index < -0.39 is 17.7 Å². The lowest BCUT2D eigenvalue weighted by molar-refractivity contribution is -0.0487. The van der Waals surface area contributed by atoms with E-state index in [2.05, 4.69) is 16.8 Å². The van der Waals surface area contributed by atoms with E-state index >= 15 is 0 Å². The number of benzene rings is 1. The summed E-state index contributed by atoms with van der Waals surface area (Å²) >= 11 is 0. The first-order valence-corrected chi connectivity index (χ1v) is 8.76. The molecule has 3 aliphatic heterocycles. The third kappa shape index (κ3) is 2.96. The van der Waals surface area contributed by atoms with Gasteiger partial charge >= 0.3 is 0 Å². The molecule has 0 aromatic heterocycles. The Morgan fingerprint density at radius 1 is 1.12 bits per heavy atom. The maximum absolute atomic E-state index is 14.0. The van der Waals surface area contributed by atoms with Crippen molar-refractivity contribution in [1.29, 1.82) is 0 Å². The Morgan fingerprint density at radius 3 is 2.50 bits per heavy atom. The van der Waals surface area contributed by atoms with Crippen LogP contribution in [-0.2, 0) is 4.74 Å². The largest absolute Gasteiger partial charge is 0.370 e. The van der Waals surface area contributed by atoms with E-state index in [9.17, 15) is 8.78 Å². The maximum Gasteiger partial charge on any atom is 0.129 e. The molecule has 1 aromatic carbocycles. The Morgan fingerprint density at radius 2 is 1.83 bits per heavy atom. The number of hydrogen-bond acceptors (Lipinski definition) is 4. The molecule has 4 unspecified atom stereocenters. The fraction of sp³-hybridized carbons (Fsp3) is 0.667. The van der Waals surface area contributed by atoms with Crippen LogP contribution in [0, 0.1) is 23.5 Å². The zero-order valence-electron chi connectivity index (χ0n) is 14.0. The molecule has 0 saturated carbocycles. The molecule has 3 heterocycles. The summed E-state index contributed by atoms with van der Waals surface area (Å²) in [6.45, 7) is 5.04. The van der Waals surface area contributed by atoms with Crippen LogP contribution in [0.1, 0.15) is 18.1 Å². The number of fused-ring (bicyclic) bond motifs is 1. The van der Waals surface area contributed by atoms with Crippen molar-refractivity contribution in [2.75, 3.05) is 39.8 Å². The predicted octanol–water partition coefficient (Wildman–Crippen LogP) is 1.62. The van der Waals surface area contributed by atoms with Gasteiger partial charge in [-0.1, -0.05) is 0 Å². The molecule has 3 aliphatic rings. The van der Waals surface area contributed by atoms with Gasteiger partial charge in [-0.3, -0.25) is 4.90 Å². The molecule has 0 aliphatic carbocycles. The third-order valence-corrected chi connectivity index (χ3v) is 5.88. The fourth-order valence-electron chi connectivity index (χ4n) is 4.71. The monoisotopic (exact) mass is 337 g/mol. The number of nitrogens with two attached hydrogens (primary N) is 1. The summed E-state index contributed by atoms with van der Waals surface area (Å²) in [6.07, 6.45) is 0.195. The Bertz CT molecular complexity index is 600. The van der Waals surface area contributed by atoms with Crippen molar-refractivity contribution in [2.24, 2.45) is 17.6 Å². The SMILES string of the molecule is CN1CC2CN(C3CO[C@H](c4cc(F)ccc4F)C(N)C3)CC2C1. The van der Waals surface area contributed by atoms with Crippen LogP contribution in [0.5, 0.6) is 0 Å². The summed E-state index contributed by atoms with van der Waals surface area (Å²) in [5.41, 5.74) is 6.51. The van der Waals surface area contributed by atoms with Crippen molar-refractivity contribution in [3.63, 3.8) is 0 Å². The van der Waals surface area contributed by atoms with E-state index in [4.69, 9.17) is 10.5 Å². The molecule has 132 valence electrons. The molecular formula is C18H25F2N3O. The number of likely N-dealkylation sites (tertiary alicyclic amines) is 2. The topological polar surface area (TPSA) is 41.7 Å². The molecule has 0 bridgehead atoms. The van der Waals surface area contributed by atoms with E-state index in [1.54, 1.807) is 0 Å². The summed E-state index contributed by atoms with van der Waals surface area (Å²) < 4.78 is 33.3. The van der Waals surface area contributed by atoms with Crippen molar-refractivity contribution < 1.29 is 13.5 Å². The first kappa shape index (κ1) is 16.4. The zero-order chi connectivity index (χ0) is 16.8. The average Bonchev–Trinajstić information content (AvgIpc) is 3.07. The lowest BCUT2D eigenvalue weighted by Gasteiger charge is -2.39. The Labute approximate surface area is 141 Å². The second-order valence-electron chi connectivity index (χ2n) is 7.67. The van der Waals surface area contributed by atoms with Gasteiger partial charge in [-0.15, -0.1) is 0 Å². The van der Waals surface area contributed by atoms with E-state index in [1.165, 1.54) is 6.07 Å². The van der Waals surface area contributed by atoms with Crippen LogP contribution in [0.25, 0.3) is 0 Å². The first-order valence-electron chi connectivity index (χ1n) is 8.76. The normalized spacial score (nSPS) is 37.8. The van der Waals surface area contributed by atoms with Crippen LogP contribution in [0.3, 0.4) is 0 Å². The second kappa shape index (κ2) is 6.33. The van der Waals surface area contributed by atoms with E-state index in [1.807, 2.05) is 0 Å². The summed E-state index contributed by atoms with van der Waals surface area (Å²) in [5.74, 6) is 0.573. The molecule has 0 radical (unpaired) electrons. The number of hydrogen-bond donors (Lipinski definition) is 1. The number of rotatable bonds is 2. The van der Waals surface area contributed by atoms with Gasteiger partial charge in [-0.2, -0.15) is 0 Å². The van der Waals surface area contributed by atoms with Gasteiger partial charge in [0.2, 0.25) is 0 Å². The molecule has 5 atom stereocenters. The molecule has 24 heavy (non-hydrogen) atoms. The van der Waals surface area contributed by atoms with Gasteiger partial charge in [0.1, 0.15) is 17.7 Å². The molecule has 0 spiro atoms. The molecule has 3 saturated heterocycles. The van der Waals surface area contributed by atoms with Crippen molar-refractivity contribution >= 4 is 0 Å². The minimum absolute atomic E-state index is 0.237. The Hall–Kier alpha value is -1.08. The van der Waals surface area contributed by atoms with Crippen LogP contribution in [0.15, 0.2) is 18.2 Å². The predicted molar refractivity (Wildman–Crippen MR) is 87.5 cm³/mol. The zero-order valence-corrected chi connectivity index (χ0v) is 14.0. The summed E-state index contributed by atoms with van der Waals surface area (Å²) in [4.78, 5) is 4.89. The van der Waals surface area contributed by atoms with Crippen molar-refractivity contribution in [3.8, 4) is 0 Å². The van der Waals surface area contributed by atoms with Crippen LogP contribution in [0.4, 0.5) is 8.78 Å². The van der Waals surface area contributed by atoms with E-state index in [0.29, 0.717) is 6.61 Å². The quantitative estimate of drug-likeness (QED) is 0.890. The van der Waals surface area contributed by atoms with E-state index in [-0.39, 0.29) is 17.6 Å². The summed E-state index contributed by atoms with van der Waals surface area (Å²) in [6, 6.07) is 3.43. The summed E-state index contributed by atoms with van der Waals surface area (Å²) in [7, 11) is 2.18. The van der Waals surface area contributed by atoms with Crippen molar-refractivity contribution in [3.05, 3.63) is 35.4 Å². The van der Waals surface area contributed by atoms with Gasteiger partial charge in [-0.05, 0) is 43.5 Å². The van der Waals surface area contributed by atoms with Crippen LogP contribution >= 0.6 is 0 Å². The fourth-order valence-corrected chi connectivity index (χ4v) is 4.71. The number of halogens is 2. The average molecular weight is 337 g/mol. The van der Waals surface area contributed by atoms with Gasteiger partial charge < -0.3 is 15.4 Å². The highest BCUT2D eigenvalue weighted by atomic mass is 19.1. The standard InChI is InChI=1S/C18H25F2N3O/c1-22-6-11-8-23(9-12(11)7-22)14-5-17(21)18(24-10-14)15-4-13(19)2-3-16(15)20/h2-4,11-12,14,17-18H,5-10,21H2,1H3/t11?,12?,14?,17?,18-/m1/s1.